The van der Waals surface area contributed by atoms with Crippen molar-refractivity contribution in [2.75, 3.05) is 51.3 Å². The summed E-state index contributed by atoms with van der Waals surface area (Å²) in [5.41, 5.74) is 3.52. The summed E-state index contributed by atoms with van der Waals surface area (Å²) in [6, 6.07) is 6.33. The van der Waals surface area contributed by atoms with Gasteiger partial charge in [-0.1, -0.05) is 6.07 Å². The van der Waals surface area contributed by atoms with Crippen LogP contribution >= 0.6 is 0 Å². The van der Waals surface area contributed by atoms with E-state index in [-0.39, 0.29) is 6.04 Å². The Morgan fingerprint density at radius 2 is 2.04 bits per heavy atom. The lowest BCUT2D eigenvalue weighted by Crippen LogP contribution is -2.42. The zero-order valence-electron chi connectivity index (χ0n) is 15.9. The first-order valence-electron chi connectivity index (χ1n) is 9.85. The number of fused-ring (bicyclic) bond motifs is 1. The second-order valence-electron chi connectivity index (χ2n) is 7.09. The summed E-state index contributed by atoms with van der Waals surface area (Å²) in [7, 11) is 0. The number of aryl methyl sites for hydroxylation is 1. The van der Waals surface area contributed by atoms with Crippen LogP contribution in [0.2, 0.25) is 0 Å². The highest BCUT2D eigenvalue weighted by Crippen LogP contribution is 2.24. The number of pyridine rings is 1. The third kappa shape index (κ3) is 4.43. The highest BCUT2D eigenvalue weighted by atomic mass is 16.5. The largest absolute Gasteiger partial charge is 0.379 e. The number of morpholine rings is 1. The molecule has 0 saturated carbocycles. The van der Waals surface area contributed by atoms with Crippen LogP contribution in [-0.2, 0) is 17.6 Å². The van der Waals surface area contributed by atoms with Gasteiger partial charge in [0.15, 0.2) is 0 Å². The molecule has 27 heavy (non-hydrogen) atoms. The number of rotatable bonds is 5. The van der Waals surface area contributed by atoms with E-state index in [1.807, 2.05) is 19.2 Å². The van der Waals surface area contributed by atoms with Gasteiger partial charge in [-0.25, -0.2) is 9.97 Å². The van der Waals surface area contributed by atoms with Crippen LogP contribution in [0.4, 0.5) is 5.82 Å². The summed E-state index contributed by atoms with van der Waals surface area (Å²) < 4.78 is 5.54. The van der Waals surface area contributed by atoms with Crippen LogP contribution in [0.1, 0.15) is 28.8 Å². The van der Waals surface area contributed by atoms with Gasteiger partial charge in [0.05, 0.1) is 30.6 Å². The Morgan fingerprint density at radius 3 is 2.85 bits per heavy atom. The van der Waals surface area contributed by atoms with Crippen LogP contribution in [0.15, 0.2) is 24.4 Å². The van der Waals surface area contributed by atoms with Crippen LogP contribution in [0.3, 0.4) is 0 Å². The first-order valence-corrected chi connectivity index (χ1v) is 9.85. The van der Waals surface area contributed by atoms with Crippen molar-refractivity contribution in [2.45, 2.75) is 25.8 Å². The smallest absolute Gasteiger partial charge is 0.133 e. The standard InChI is InChI=1S/C20H28N6O/c1-15-24-17-6-9-21-8-5-16(17)20(25-15)23-14-19(18-4-2-3-7-22-18)26-10-12-27-13-11-26/h2-4,7,19,21H,5-6,8-14H2,1H3,(H,23,24,25). The molecule has 2 aliphatic rings. The highest BCUT2D eigenvalue weighted by Gasteiger charge is 2.24. The van der Waals surface area contributed by atoms with Crippen LogP contribution in [0, 0.1) is 6.92 Å². The van der Waals surface area contributed by atoms with E-state index in [0.29, 0.717) is 0 Å². The maximum atomic E-state index is 5.54. The molecule has 144 valence electrons. The number of hydrogen-bond acceptors (Lipinski definition) is 7. The molecule has 0 aromatic carbocycles. The minimum Gasteiger partial charge on any atom is -0.379 e. The van der Waals surface area contributed by atoms with E-state index in [9.17, 15) is 0 Å². The zero-order valence-corrected chi connectivity index (χ0v) is 15.9. The van der Waals surface area contributed by atoms with Crippen molar-refractivity contribution >= 4 is 5.82 Å². The van der Waals surface area contributed by atoms with Crippen molar-refractivity contribution < 1.29 is 4.74 Å². The van der Waals surface area contributed by atoms with Gasteiger partial charge in [0.1, 0.15) is 11.6 Å². The molecule has 2 N–H and O–H groups in total. The molecule has 1 atom stereocenters. The Morgan fingerprint density at radius 1 is 1.19 bits per heavy atom. The van der Waals surface area contributed by atoms with Gasteiger partial charge in [0.25, 0.3) is 0 Å². The second-order valence-corrected chi connectivity index (χ2v) is 7.09. The molecule has 1 saturated heterocycles. The maximum Gasteiger partial charge on any atom is 0.133 e. The van der Waals surface area contributed by atoms with E-state index < -0.39 is 0 Å². The summed E-state index contributed by atoms with van der Waals surface area (Å²) in [6.07, 6.45) is 3.79. The lowest BCUT2D eigenvalue weighted by molar-refractivity contribution is 0.0179. The minimum absolute atomic E-state index is 0.199. The van der Waals surface area contributed by atoms with E-state index in [0.717, 1.165) is 76.1 Å². The molecule has 1 fully saturated rings. The second kappa shape index (κ2) is 8.73. The molecule has 2 aliphatic heterocycles. The van der Waals surface area contributed by atoms with E-state index in [1.54, 1.807) is 0 Å². The van der Waals surface area contributed by atoms with Crippen LogP contribution < -0.4 is 10.6 Å². The Hall–Kier alpha value is -2.09. The van der Waals surface area contributed by atoms with Crippen molar-refractivity contribution in [3.8, 4) is 0 Å². The summed E-state index contributed by atoms with van der Waals surface area (Å²) in [6.45, 7) is 8.10. The van der Waals surface area contributed by atoms with Crippen molar-refractivity contribution in [1.29, 1.82) is 0 Å². The van der Waals surface area contributed by atoms with Crippen molar-refractivity contribution in [3.05, 3.63) is 47.2 Å². The van der Waals surface area contributed by atoms with Gasteiger partial charge in [-0.05, 0) is 32.0 Å². The molecule has 0 amide bonds. The molecule has 0 bridgehead atoms. The molecule has 1 unspecified atom stereocenters. The topological polar surface area (TPSA) is 75.2 Å². The van der Waals surface area contributed by atoms with Crippen molar-refractivity contribution in [1.82, 2.24) is 25.2 Å². The Kier molecular flexibility index (Phi) is 5.91. The van der Waals surface area contributed by atoms with Gasteiger partial charge in [-0.15, -0.1) is 0 Å². The third-order valence-electron chi connectivity index (χ3n) is 5.27. The highest BCUT2D eigenvalue weighted by molar-refractivity contribution is 5.48. The minimum atomic E-state index is 0.199. The molecule has 2 aromatic rings. The molecule has 7 heteroatoms. The normalized spacial score (nSPS) is 19.1. The molecular weight excluding hydrogens is 340 g/mol. The molecule has 0 spiro atoms. The average Bonchev–Trinajstić information content (AvgIpc) is 2.95. The molecule has 7 nitrogen and oxygen atoms in total. The Balaban J connectivity index is 1.56. The first kappa shape index (κ1) is 18.3. The molecule has 4 heterocycles. The van der Waals surface area contributed by atoms with Gasteiger partial charge in [0.2, 0.25) is 0 Å². The molecular formula is C20H28N6O. The van der Waals surface area contributed by atoms with Crippen LogP contribution in [0.25, 0.3) is 0 Å². The Bertz CT molecular complexity index is 748. The molecule has 0 aliphatic carbocycles. The van der Waals surface area contributed by atoms with E-state index in [1.165, 1.54) is 11.3 Å². The number of ether oxygens (including phenoxy) is 1. The number of anilines is 1. The lowest BCUT2D eigenvalue weighted by atomic mass is 10.1. The molecule has 4 rings (SSSR count). The molecule has 0 radical (unpaired) electrons. The van der Waals surface area contributed by atoms with E-state index in [2.05, 4.69) is 37.6 Å². The summed E-state index contributed by atoms with van der Waals surface area (Å²) in [4.78, 5) is 16.5. The zero-order chi connectivity index (χ0) is 18.5. The maximum absolute atomic E-state index is 5.54. The van der Waals surface area contributed by atoms with Gasteiger partial charge in [-0.3, -0.25) is 9.88 Å². The number of nitrogens with zero attached hydrogens (tertiary/aromatic N) is 4. The van der Waals surface area contributed by atoms with Gasteiger partial charge in [-0.2, -0.15) is 0 Å². The fourth-order valence-electron chi connectivity index (χ4n) is 3.89. The van der Waals surface area contributed by atoms with Crippen molar-refractivity contribution in [2.24, 2.45) is 0 Å². The first-order chi connectivity index (χ1) is 13.3. The van der Waals surface area contributed by atoms with Gasteiger partial charge < -0.3 is 15.4 Å². The summed E-state index contributed by atoms with van der Waals surface area (Å²) in [5.74, 6) is 1.81. The quantitative estimate of drug-likeness (QED) is 0.825. The average molecular weight is 368 g/mol. The predicted octanol–water partition coefficient (Wildman–Crippen LogP) is 1.35. The summed E-state index contributed by atoms with van der Waals surface area (Å²) >= 11 is 0. The van der Waals surface area contributed by atoms with E-state index >= 15 is 0 Å². The predicted molar refractivity (Wildman–Crippen MR) is 105 cm³/mol. The Labute approximate surface area is 160 Å². The monoisotopic (exact) mass is 368 g/mol. The van der Waals surface area contributed by atoms with Crippen LogP contribution in [0.5, 0.6) is 0 Å². The van der Waals surface area contributed by atoms with E-state index in [4.69, 9.17) is 9.72 Å². The van der Waals surface area contributed by atoms with Crippen LogP contribution in [-0.4, -0.2) is 65.8 Å². The number of nitrogens with one attached hydrogen (secondary N) is 2. The lowest BCUT2D eigenvalue weighted by Gasteiger charge is -2.34. The fourth-order valence-corrected chi connectivity index (χ4v) is 3.89. The van der Waals surface area contributed by atoms with Gasteiger partial charge in [0, 0.05) is 44.4 Å². The van der Waals surface area contributed by atoms with Crippen molar-refractivity contribution in [3.63, 3.8) is 0 Å². The summed E-state index contributed by atoms with van der Waals surface area (Å²) in [5, 5.41) is 7.09. The third-order valence-corrected chi connectivity index (χ3v) is 5.27. The number of aromatic nitrogens is 3. The SMILES string of the molecule is Cc1nc2c(c(NCC(c3ccccn3)N3CCOCC3)n1)CCNCC2. The number of hydrogen-bond donors (Lipinski definition) is 2. The fraction of sp³-hybridized carbons (Fsp3) is 0.550. The van der Waals surface area contributed by atoms with Gasteiger partial charge >= 0.3 is 0 Å². The molecule has 2 aromatic heterocycles.